The van der Waals surface area contributed by atoms with E-state index in [-0.39, 0.29) is 23.8 Å². The smallest absolute Gasteiger partial charge is 0.407 e. The highest BCUT2D eigenvalue weighted by atomic mass is 35.5. The Morgan fingerprint density at radius 3 is 2.45 bits per heavy atom. The highest BCUT2D eigenvalue weighted by molar-refractivity contribution is 6.43. The molecule has 2 fully saturated rings. The van der Waals surface area contributed by atoms with Crippen LogP contribution in [0.25, 0.3) is 11.3 Å². The Morgan fingerprint density at radius 1 is 1.16 bits per heavy atom. The number of amides is 1. The van der Waals surface area contributed by atoms with Crippen LogP contribution in [0.5, 0.6) is 0 Å². The lowest BCUT2D eigenvalue weighted by molar-refractivity contribution is 0.0472. The Balaban J connectivity index is 1.58. The van der Waals surface area contributed by atoms with E-state index in [9.17, 15) is 9.59 Å². The Kier molecular flexibility index (Phi) is 8.43. The van der Waals surface area contributed by atoms with Crippen molar-refractivity contribution in [1.29, 1.82) is 0 Å². The first-order chi connectivity index (χ1) is 17.9. The molecule has 0 bridgehead atoms. The summed E-state index contributed by atoms with van der Waals surface area (Å²) < 4.78 is 10.8. The van der Waals surface area contributed by atoms with Crippen molar-refractivity contribution >= 4 is 41.1 Å². The maximum absolute atomic E-state index is 13.0. The number of rotatable bonds is 7. The Morgan fingerprint density at radius 2 is 1.84 bits per heavy atom. The highest BCUT2D eigenvalue weighted by Crippen LogP contribution is 2.51. The van der Waals surface area contributed by atoms with Crippen LogP contribution in [0, 0.1) is 18.3 Å². The molecular formula is C28H36Cl2N4O4. The molecule has 0 radical (unpaired) electrons. The molecule has 1 aliphatic heterocycles. The molecule has 1 saturated heterocycles. The predicted molar refractivity (Wildman–Crippen MR) is 149 cm³/mol. The number of halogens is 2. The first-order valence-corrected chi connectivity index (χ1v) is 13.9. The molecule has 38 heavy (non-hydrogen) atoms. The van der Waals surface area contributed by atoms with Gasteiger partial charge >= 0.3 is 12.1 Å². The number of hydrogen-bond acceptors (Lipinski definition) is 7. The number of aryl methyl sites for hydroxylation is 1. The molecule has 1 amide bonds. The SMILES string of the molecule is CCOC(=O)c1nc(-c2cccc(Cl)c2Cl)c(C)nc1N1CCC(CNC(=O)OC(C)(C)C)(C2CC2)CC1. The quantitative estimate of drug-likeness (QED) is 0.387. The molecule has 206 valence electrons. The monoisotopic (exact) mass is 562 g/mol. The van der Waals surface area contributed by atoms with Gasteiger partial charge in [0.2, 0.25) is 0 Å². The minimum Gasteiger partial charge on any atom is -0.461 e. The van der Waals surface area contributed by atoms with Crippen molar-refractivity contribution in [2.75, 3.05) is 31.1 Å². The van der Waals surface area contributed by atoms with Gasteiger partial charge in [0.25, 0.3) is 0 Å². The number of piperidine rings is 1. The highest BCUT2D eigenvalue weighted by Gasteiger charge is 2.47. The van der Waals surface area contributed by atoms with E-state index in [1.807, 2.05) is 33.8 Å². The van der Waals surface area contributed by atoms with Crippen LogP contribution in [0.3, 0.4) is 0 Å². The number of anilines is 1. The minimum absolute atomic E-state index is 0.00573. The summed E-state index contributed by atoms with van der Waals surface area (Å²) >= 11 is 12.7. The zero-order chi connectivity index (χ0) is 27.7. The molecular weight excluding hydrogens is 527 g/mol. The molecule has 1 aromatic carbocycles. The van der Waals surface area contributed by atoms with Gasteiger partial charge in [-0.15, -0.1) is 0 Å². The zero-order valence-electron chi connectivity index (χ0n) is 22.7. The molecule has 10 heteroatoms. The third kappa shape index (κ3) is 6.34. The number of nitrogens with zero attached hydrogens (tertiary/aromatic N) is 3. The average Bonchev–Trinajstić information content (AvgIpc) is 3.70. The lowest BCUT2D eigenvalue weighted by Gasteiger charge is -2.43. The van der Waals surface area contributed by atoms with Crippen LogP contribution < -0.4 is 10.2 Å². The van der Waals surface area contributed by atoms with Crippen molar-refractivity contribution in [2.45, 2.75) is 65.9 Å². The average molecular weight is 564 g/mol. The number of ether oxygens (including phenoxy) is 2. The van der Waals surface area contributed by atoms with E-state index in [2.05, 4.69) is 10.2 Å². The minimum atomic E-state index is -0.540. The van der Waals surface area contributed by atoms with Crippen molar-refractivity contribution in [3.63, 3.8) is 0 Å². The van der Waals surface area contributed by atoms with Crippen LogP contribution in [0.4, 0.5) is 10.6 Å². The van der Waals surface area contributed by atoms with Crippen LogP contribution in [0.2, 0.25) is 10.0 Å². The number of carbonyl (C=O) groups is 2. The molecule has 4 rings (SSSR count). The van der Waals surface area contributed by atoms with Gasteiger partial charge in [-0.1, -0.05) is 35.3 Å². The third-order valence-corrected chi connectivity index (χ3v) is 8.03. The lowest BCUT2D eigenvalue weighted by Crippen LogP contribution is -2.48. The number of hydrogen-bond donors (Lipinski definition) is 1. The number of carbonyl (C=O) groups excluding carboxylic acids is 2. The van der Waals surface area contributed by atoms with Crippen molar-refractivity contribution in [3.05, 3.63) is 39.6 Å². The molecule has 0 atom stereocenters. The normalized spacial score (nSPS) is 17.2. The summed E-state index contributed by atoms with van der Waals surface area (Å²) in [6, 6.07) is 5.30. The zero-order valence-corrected chi connectivity index (χ0v) is 24.2. The fourth-order valence-electron chi connectivity index (χ4n) is 5.16. The number of alkyl carbamates (subject to hydrolysis) is 1. The fourth-order valence-corrected chi connectivity index (χ4v) is 5.55. The predicted octanol–water partition coefficient (Wildman–Crippen LogP) is 6.46. The molecule has 2 aliphatic rings. The number of aromatic nitrogens is 2. The van der Waals surface area contributed by atoms with E-state index >= 15 is 0 Å². The van der Waals surface area contributed by atoms with Gasteiger partial charge in [-0.25, -0.2) is 19.6 Å². The first-order valence-electron chi connectivity index (χ1n) is 13.2. The summed E-state index contributed by atoms with van der Waals surface area (Å²) in [5.74, 6) is 0.552. The van der Waals surface area contributed by atoms with Gasteiger partial charge in [-0.05, 0) is 77.7 Å². The van der Waals surface area contributed by atoms with E-state index in [4.69, 9.17) is 42.6 Å². The lowest BCUT2D eigenvalue weighted by atomic mass is 9.74. The molecule has 0 unspecified atom stereocenters. The second-order valence-corrected chi connectivity index (χ2v) is 11.9. The molecule has 1 aliphatic carbocycles. The van der Waals surface area contributed by atoms with Crippen LogP contribution in [0.15, 0.2) is 18.2 Å². The van der Waals surface area contributed by atoms with E-state index < -0.39 is 11.6 Å². The standard InChI is InChI=1S/C28H36Cl2N4O4/c1-6-37-25(35)23-24(32-17(2)22(33-23)19-8-7-9-20(29)21(19)30)34-14-12-28(13-15-34,18-10-11-18)16-31-26(36)38-27(3,4)5/h7-9,18H,6,10-16H2,1-5H3,(H,31,36). The maximum atomic E-state index is 13.0. The topological polar surface area (TPSA) is 93.6 Å². The van der Waals surface area contributed by atoms with Gasteiger partial charge in [0.05, 0.1) is 28.0 Å². The second-order valence-electron chi connectivity index (χ2n) is 11.1. The van der Waals surface area contributed by atoms with Crippen molar-refractivity contribution in [2.24, 2.45) is 11.3 Å². The van der Waals surface area contributed by atoms with Crippen molar-refractivity contribution in [3.8, 4) is 11.3 Å². The van der Waals surface area contributed by atoms with Crippen molar-refractivity contribution < 1.29 is 19.1 Å². The summed E-state index contributed by atoms with van der Waals surface area (Å²) in [7, 11) is 0. The maximum Gasteiger partial charge on any atom is 0.407 e. The number of esters is 1. The molecule has 2 aromatic rings. The Hall–Kier alpha value is -2.58. The molecule has 1 saturated carbocycles. The van der Waals surface area contributed by atoms with Gasteiger partial charge in [-0.2, -0.15) is 0 Å². The van der Waals surface area contributed by atoms with E-state index in [0.717, 1.165) is 25.7 Å². The van der Waals surface area contributed by atoms with Crippen LogP contribution in [0.1, 0.15) is 69.6 Å². The van der Waals surface area contributed by atoms with Crippen LogP contribution in [-0.2, 0) is 9.47 Å². The van der Waals surface area contributed by atoms with E-state index in [0.29, 0.717) is 58.4 Å². The molecule has 8 nitrogen and oxygen atoms in total. The van der Waals surface area contributed by atoms with Crippen LogP contribution in [-0.4, -0.2) is 53.9 Å². The summed E-state index contributed by atoms with van der Waals surface area (Å²) in [6.45, 7) is 11.4. The Labute approximate surface area is 234 Å². The van der Waals surface area contributed by atoms with Gasteiger partial charge in [0.15, 0.2) is 11.5 Å². The first kappa shape index (κ1) is 28.4. The van der Waals surface area contributed by atoms with Gasteiger partial charge in [-0.3, -0.25) is 0 Å². The largest absolute Gasteiger partial charge is 0.461 e. The van der Waals surface area contributed by atoms with Crippen molar-refractivity contribution in [1.82, 2.24) is 15.3 Å². The third-order valence-electron chi connectivity index (χ3n) is 7.21. The molecule has 0 spiro atoms. The second kappa shape index (κ2) is 11.3. The fraction of sp³-hybridized carbons (Fsp3) is 0.571. The molecule has 2 heterocycles. The van der Waals surface area contributed by atoms with E-state index in [1.54, 1.807) is 19.1 Å². The summed E-state index contributed by atoms with van der Waals surface area (Å²) in [6.07, 6.45) is 3.66. The number of benzene rings is 1. The van der Waals surface area contributed by atoms with Gasteiger partial charge in [0.1, 0.15) is 5.60 Å². The number of nitrogens with one attached hydrogen (secondary N) is 1. The van der Waals surface area contributed by atoms with Gasteiger partial charge < -0.3 is 19.7 Å². The summed E-state index contributed by atoms with van der Waals surface area (Å²) in [5, 5.41) is 3.77. The van der Waals surface area contributed by atoms with Gasteiger partial charge in [0, 0.05) is 25.2 Å². The molecule has 1 N–H and O–H groups in total. The van der Waals surface area contributed by atoms with E-state index in [1.165, 1.54) is 0 Å². The summed E-state index contributed by atoms with van der Waals surface area (Å²) in [5.41, 5.74) is 1.36. The Bertz CT molecular complexity index is 1200. The molecule has 1 aromatic heterocycles. The summed E-state index contributed by atoms with van der Waals surface area (Å²) in [4.78, 5) is 37.0. The van der Waals surface area contributed by atoms with Crippen LogP contribution >= 0.6 is 23.2 Å².